The zero-order valence-electron chi connectivity index (χ0n) is 12.5. The fraction of sp³-hybridized carbons (Fsp3) is 0.471. The molecule has 0 bridgehead atoms. The zero-order chi connectivity index (χ0) is 14.4. The second kappa shape index (κ2) is 4.88. The molecule has 0 aliphatic carbocycles. The number of anilines is 2. The standard InChI is InChI=1S/C17H22N4/c1-11-9-16(13-10-12(18)4-5-14(13)19-11)20-15-6-8-21-7-2-3-17(15)21/h4-5,9-10,15,17H,2-3,6-8,18H2,1H3,(H,19,20). The first-order chi connectivity index (χ1) is 10.2. The highest BCUT2D eigenvalue weighted by Crippen LogP contribution is 2.32. The van der Waals surface area contributed by atoms with Crippen LogP contribution < -0.4 is 11.1 Å². The molecular weight excluding hydrogens is 260 g/mol. The summed E-state index contributed by atoms with van der Waals surface area (Å²) in [4.78, 5) is 7.24. The number of nitrogens with zero attached hydrogens (tertiary/aromatic N) is 2. The third-order valence-electron chi connectivity index (χ3n) is 4.91. The predicted molar refractivity (Wildman–Crippen MR) is 87.5 cm³/mol. The van der Waals surface area contributed by atoms with Gasteiger partial charge in [0.1, 0.15) is 0 Å². The number of benzene rings is 1. The number of hydrogen-bond acceptors (Lipinski definition) is 4. The molecule has 110 valence electrons. The minimum absolute atomic E-state index is 0.555. The van der Waals surface area contributed by atoms with E-state index < -0.39 is 0 Å². The van der Waals surface area contributed by atoms with E-state index in [0.717, 1.165) is 22.3 Å². The molecule has 21 heavy (non-hydrogen) atoms. The molecule has 0 saturated carbocycles. The van der Waals surface area contributed by atoms with E-state index in [0.29, 0.717) is 12.1 Å². The number of nitrogens with one attached hydrogen (secondary N) is 1. The molecule has 4 rings (SSSR count). The molecule has 3 heterocycles. The molecule has 2 aliphatic rings. The van der Waals surface area contributed by atoms with E-state index in [2.05, 4.69) is 28.2 Å². The number of aryl methyl sites for hydroxylation is 1. The van der Waals surface area contributed by atoms with E-state index in [1.54, 1.807) is 0 Å². The summed E-state index contributed by atoms with van der Waals surface area (Å²) in [6, 6.07) is 9.38. The number of fused-ring (bicyclic) bond motifs is 2. The molecule has 2 aliphatic heterocycles. The minimum atomic E-state index is 0.555. The van der Waals surface area contributed by atoms with Gasteiger partial charge in [-0.05, 0) is 57.0 Å². The lowest BCUT2D eigenvalue weighted by Gasteiger charge is -2.23. The van der Waals surface area contributed by atoms with Crippen molar-refractivity contribution in [2.24, 2.45) is 0 Å². The molecule has 2 saturated heterocycles. The molecule has 2 unspecified atom stereocenters. The molecule has 4 nitrogen and oxygen atoms in total. The van der Waals surface area contributed by atoms with E-state index in [1.165, 1.54) is 38.0 Å². The topological polar surface area (TPSA) is 54.2 Å². The lowest BCUT2D eigenvalue weighted by atomic mass is 10.0. The SMILES string of the molecule is Cc1cc(NC2CCN3CCCC23)c2cc(N)ccc2n1. The highest BCUT2D eigenvalue weighted by atomic mass is 15.2. The van der Waals surface area contributed by atoms with Crippen molar-refractivity contribution in [3.63, 3.8) is 0 Å². The summed E-state index contributed by atoms with van der Waals surface area (Å²) in [5.74, 6) is 0. The Hall–Kier alpha value is -1.81. The number of hydrogen-bond donors (Lipinski definition) is 2. The fourth-order valence-corrected chi connectivity index (χ4v) is 3.95. The lowest BCUT2D eigenvalue weighted by molar-refractivity contribution is 0.318. The maximum atomic E-state index is 5.96. The second-order valence-corrected chi connectivity index (χ2v) is 6.37. The van der Waals surface area contributed by atoms with E-state index in [-0.39, 0.29) is 0 Å². The van der Waals surface area contributed by atoms with Crippen molar-refractivity contribution in [3.05, 3.63) is 30.0 Å². The maximum Gasteiger partial charge on any atom is 0.0727 e. The lowest BCUT2D eigenvalue weighted by Crippen LogP contribution is -2.33. The smallest absolute Gasteiger partial charge is 0.0727 e. The Bertz CT molecular complexity index is 682. The van der Waals surface area contributed by atoms with Crippen molar-refractivity contribution in [3.8, 4) is 0 Å². The number of pyridine rings is 1. The molecule has 1 aromatic heterocycles. The molecule has 1 aromatic carbocycles. The summed E-state index contributed by atoms with van der Waals surface area (Å²) in [6.45, 7) is 4.55. The molecule has 2 aromatic rings. The molecule has 0 amide bonds. The normalized spacial score (nSPS) is 25.4. The van der Waals surface area contributed by atoms with E-state index in [4.69, 9.17) is 5.73 Å². The van der Waals surface area contributed by atoms with Gasteiger partial charge in [-0.25, -0.2) is 0 Å². The van der Waals surface area contributed by atoms with Gasteiger partial charge in [0.25, 0.3) is 0 Å². The Morgan fingerprint density at radius 2 is 2.14 bits per heavy atom. The zero-order valence-corrected chi connectivity index (χ0v) is 12.5. The summed E-state index contributed by atoms with van der Waals surface area (Å²) in [5.41, 5.74) is 10.0. The molecule has 2 fully saturated rings. The summed E-state index contributed by atoms with van der Waals surface area (Å²) in [6.07, 6.45) is 3.89. The number of nitrogen functional groups attached to an aromatic ring is 1. The van der Waals surface area contributed by atoms with Gasteiger partial charge in [-0.15, -0.1) is 0 Å². The quantitative estimate of drug-likeness (QED) is 0.832. The minimum Gasteiger partial charge on any atom is -0.399 e. The third kappa shape index (κ3) is 2.23. The third-order valence-corrected chi connectivity index (χ3v) is 4.91. The van der Waals surface area contributed by atoms with Crippen molar-refractivity contribution in [1.82, 2.24) is 9.88 Å². The highest BCUT2D eigenvalue weighted by molar-refractivity contribution is 5.93. The van der Waals surface area contributed by atoms with Gasteiger partial charge < -0.3 is 11.1 Å². The van der Waals surface area contributed by atoms with Crippen LogP contribution in [-0.2, 0) is 0 Å². The van der Waals surface area contributed by atoms with E-state index >= 15 is 0 Å². The average Bonchev–Trinajstić information content (AvgIpc) is 3.04. The van der Waals surface area contributed by atoms with Crippen LogP contribution in [0.4, 0.5) is 11.4 Å². The van der Waals surface area contributed by atoms with Crippen LogP contribution in [0.5, 0.6) is 0 Å². The summed E-state index contributed by atoms with van der Waals surface area (Å²) >= 11 is 0. The van der Waals surface area contributed by atoms with Crippen LogP contribution in [0.2, 0.25) is 0 Å². The van der Waals surface area contributed by atoms with E-state index in [9.17, 15) is 0 Å². The average molecular weight is 282 g/mol. The summed E-state index contributed by atoms with van der Waals surface area (Å²) in [5, 5.41) is 4.92. The van der Waals surface area contributed by atoms with Crippen LogP contribution in [-0.4, -0.2) is 35.1 Å². The summed E-state index contributed by atoms with van der Waals surface area (Å²) < 4.78 is 0. The van der Waals surface area contributed by atoms with Crippen molar-refractivity contribution in [1.29, 1.82) is 0 Å². The Morgan fingerprint density at radius 3 is 3.05 bits per heavy atom. The van der Waals surface area contributed by atoms with Gasteiger partial charge in [0.15, 0.2) is 0 Å². The van der Waals surface area contributed by atoms with Crippen molar-refractivity contribution in [2.75, 3.05) is 24.1 Å². The van der Waals surface area contributed by atoms with Crippen molar-refractivity contribution in [2.45, 2.75) is 38.3 Å². The van der Waals surface area contributed by atoms with Gasteiger partial charge in [0.2, 0.25) is 0 Å². The largest absolute Gasteiger partial charge is 0.399 e. The maximum absolute atomic E-state index is 5.96. The second-order valence-electron chi connectivity index (χ2n) is 6.37. The molecule has 3 N–H and O–H groups in total. The van der Waals surface area contributed by atoms with Crippen LogP contribution >= 0.6 is 0 Å². The molecule has 0 spiro atoms. The monoisotopic (exact) mass is 282 g/mol. The van der Waals surface area contributed by atoms with Crippen LogP contribution in [0.15, 0.2) is 24.3 Å². The molecule has 0 radical (unpaired) electrons. The van der Waals surface area contributed by atoms with Crippen LogP contribution in [0.1, 0.15) is 25.0 Å². The van der Waals surface area contributed by atoms with Gasteiger partial charge in [0, 0.05) is 41.1 Å². The van der Waals surface area contributed by atoms with Gasteiger partial charge in [-0.1, -0.05) is 0 Å². The fourth-order valence-electron chi connectivity index (χ4n) is 3.95. The number of nitrogens with two attached hydrogens (primary N) is 1. The predicted octanol–water partition coefficient (Wildman–Crippen LogP) is 2.77. The first-order valence-corrected chi connectivity index (χ1v) is 7.88. The Kier molecular flexibility index (Phi) is 3.00. The summed E-state index contributed by atoms with van der Waals surface area (Å²) in [7, 11) is 0. The van der Waals surface area contributed by atoms with Crippen molar-refractivity contribution < 1.29 is 0 Å². The first-order valence-electron chi connectivity index (χ1n) is 7.88. The van der Waals surface area contributed by atoms with Gasteiger partial charge in [-0.2, -0.15) is 0 Å². The van der Waals surface area contributed by atoms with Crippen LogP contribution in [0.3, 0.4) is 0 Å². The first kappa shape index (κ1) is 12.9. The number of rotatable bonds is 2. The highest BCUT2D eigenvalue weighted by Gasteiger charge is 2.37. The van der Waals surface area contributed by atoms with Gasteiger partial charge in [-0.3, -0.25) is 9.88 Å². The van der Waals surface area contributed by atoms with Gasteiger partial charge in [0.05, 0.1) is 5.52 Å². The molecule has 2 atom stereocenters. The van der Waals surface area contributed by atoms with Crippen LogP contribution in [0.25, 0.3) is 10.9 Å². The Labute approximate surface area is 125 Å². The van der Waals surface area contributed by atoms with Crippen molar-refractivity contribution >= 4 is 22.3 Å². The Morgan fingerprint density at radius 1 is 1.24 bits per heavy atom. The van der Waals surface area contributed by atoms with E-state index in [1.807, 2.05) is 18.2 Å². The van der Waals surface area contributed by atoms with Crippen LogP contribution in [0, 0.1) is 6.92 Å². The molecule has 4 heteroatoms. The number of aromatic nitrogens is 1. The molecular formula is C17H22N4. The Balaban J connectivity index is 1.71. The van der Waals surface area contributed by atoms with Gasteiger partial charge >= 0.3 is 0 Å².